The fraction of sp³-hybridized carbons (Fsp3) is 0. The molecule has 8 aromatic carbocycles. The van der Waals surface area contributed by atoms with E-state index in [1.54, 1.807) is 0 Å². The molecule has 0 bridgehead atoms. The van der Waals surface area contributed by atoms with Gasteiger partial charge in [0.1, 0.15) is 16.7 Å². The summed E-state index contributed by atoms with van der Waals surface area (Å²) in [4.78, 5) is 7.18. The maximum Gasteiger partial charge on any atom is 0.227 e. The molecule has 0 saturated carbocycles. The topological polar surface area (TPSA) is 42.4 Å². The molecule has 0 atom stereocenters. The Kier molecular flexibility index (Phi) is 7.43. The number of rotatable bonds is 7. The van der Waals surface area contributed by atoms with Crippen molar-refractivity contribution in [2.75, 3.05) is 4.90 Å². The maximum absolute atomic E-state index is 6.49. The van der Waals surface area contributed by atoms with Crippen molar-refractivity contribution in [1.29, 1.82) is 0 Å². The first-order chi connectivity index (χ1) is 26.3. The molecular weight excluding hydrogens is 649 g/mol. The molecule has 10 aromatic rings. The normalized spacial score (nSPS) is 11.4. The Bertz CT molecular complexity index is 2860. The van der Waals surface area contributed by atoms with E-state index in [1.165, 1.54) is 16.7 Å². The van der Waals surface area contributed by atoms with E-state index in [4.69, 9.17) is 13.8 Å². The highest BCUT2D eigenvalue weighted by Crippen LogP contribution is 2.44. The standard InChI is InChI=1S/C49H32N2O2/c1-5-13-33(14-6-1)34-21-23-38(24-22-34)51(39-25-27-41(35-15-7-2-8-16-35)42(31-39)36-17-9-3-10-18-36)40-26-29-45-43(32-40)47-46(52-45)30-28-44-48(47)53-49(50-44)37-19-11-4-12-20-37/h1-32H. The number of nitrogens with zero attached hydrogens (tertiary/aromatic N) is 2. The number of oxazole rings is 1. The first-order valence-corrected chi connectivity index (χ1v) is 17.8. The zero-order chi connectivity index (χ0) is 35.1. The predicted octanol–water partition coefficient (Wildman–Crippen LogP) is 13.9. The van der Waals surface area contributed by atoms with E-state index in [0.717, 1.165) is 72.4 Å². The average Bonchev–Trinajstić information content (AvgIpc) is 3.84. The molecule has 250 valence electrons. The van der Waals surface area contributed by atoms with Crippen molar-refractivity contribution in [3.8, 4) is 44.8 Å². The van der Waals surface area contributed by atoms with Gasteiger partial charge in [-0.3, -0.25) is 0 Å². The van der Waals surface area contributed by atoms with Gasteiger partial charge in [0.15, 0.2) is 5.58 Å². The van der Waals surface area contributed by atoms with Gasteiger partial charge in [0.05, 0.1) is 5.39 Å². The van der Waals surface area contributed by atoms with Crippen LogP contribution in [-0.2, 0) is 0 Å². The first kappa shape index (κ1) is 30.6. The van der Waals surface area contributed by atoms with Gasteiger partial charge in [-0.05, 0) is 100 Å². The van der Waals surface area contributed by atoms with E-state index in [0.29, 0.717) is 5.89 Å². The molecule has 0 N–H and O–H groups in total. The smallest absolute Gasteiger partial charge is 0.227 e. The molecule has 0 aliphatic carbocycles. The van der Waals surface area contributed by atoms with Gasteiger partial charge in [0, 0.05) is 28.0 Å². The van der Waals surface area contributed by atoms with Crippen molar-refractivity contribution >= 4 is 50.1 Å². The van der Waals surface area contributed by atoms with Crippen LogP contribution in [-0.4, -0.2) is 4.98 Å². The molecule has 0 aliphatic rings. The number of anilines is 3. The number of hydrogen-bond acceptors (Lipinski definition) is 4. The van der Waals surface area contributed by atoms with Gasteiger partial charge < -0.3 is 13.7 Å². The Morgan fingerprint density at radius 2 is 0.906 bits per heavy atom. The van der Waals surface area contributed by atoms with E-state index in [1.807, 2.05) is 48.5 Å². The monoisotopic (exact) mass is 680 g/mol. The molecule has 2 aromatic heterocycles. The molecule has 0 unspecified atom stereocenters. The van der Waals surface area contributed by atoms with Crippen LogP contribution in [0.3, 0.4) is 0 Å². The zero-order valence-electron chi connectivity index (χ0n) is 28.7. The van der Waals surface area contributed by atoms with Gasteiger partial charge in [0.25, 0.3) is 0 Å². The molecule has 0 fully saturated rings. The Morgan fingerprint density at radius 1 is 0.377 bits per heavy atom. The quantitative estimate of drug-likeness (QED) is 0.168. The van der Waals surface area contributed by atoms with Gasteiger partial charge in [-0.1, -0.05) is 127 Å². The van der Waals surface area contributed by atoms with Crippen LogP contribution in [0.2, 0.25) is 0 Å². The number of hydrogen-bond donors (Lipinski definition) is 0. The van der Waals surface area contributed by atoms with Crippen LogP contribution in [0.15, 0.2) is 203 Å². The second-order valence-electron chi connectivity index (χ2n) is 13.2. The van der Waals surface area contributed by atoms with Crippen molar-refractivity contribution in [3.05, 3.63) is 194 Å². The molecule has 0 spiro atoms. The molecule has 0 radical (unpaired) electrons. The van der Waals surface area contributed by atoms with Crippen LogP contribution in [0, 0.1) is 0 Å². The third-order valence-electron chi connectivity index (χ3n) is 9.91. The second-order valence-corrected chi connectivity index (χ2v) is 13.2. The summed E-state index contributed by atoms with van der Waals surface area (Å²) in [5.41, 5.74) is 14.1. The van der Waals surface area contributed by atoms with Crippen LogP contribution in [0.5, 0.6) is 0 Å². The van der Waals surface area contributed by atoms with Crippen LogP contribution in [0.25, 0.3) is 77.9 Å². The van der Waals surface area contributed by atoms with E-state index >= 15 is 0 Å². The lowest BCUT2D eigenvalue weighted by Gasteiger charge is -2.27. The third kappa shape index (κ3) is 5.54. The fourth-order valence-electron chi connectivity index (χ4n) is 7.36. The van der Waals surface area contributed by atoms with Crippen molar-refractivity contribution in [2.24, 2.45) is 0 Å². The molecule has 0 aliphatic heterocycles. The molecule has 2 heterocycles. The van der Waals surface area contributed by atoms with E-state index in [2.05, 4.69) is 150 Å². The molecule has 4 nitrogen and oxygen atoms in total. The van der Waals surface area contributed by atoms with Crippen LogP contribution >= 0.6 is 0 Å². The van der Waals surface area contributed by atoms with Crippen molar-refractivity contribution in [2.45, 2.75) is 0 Å². The molecule has 0 saturated heterocycles. The predicted molar refractivity (Wildman–Crippen MR) is 218 cm³/mol. The Morgan fingerprint density at radius 3 is 1.58 bits per heavy atom. The van der Waals surface area contributed by atoms with Gasteiger partial charge in [0.2, 0.25) is 5.89 Å². The highest BCUT2D eigenvalue weighted by Gasteiger charge is 2.21. The zero-order valence-corrected chi connectivity index (χ0v) is 28.7. The van der Waals surface area contributed by atoms with E-state index in [9.17, 15) is 0 Å². The van der Waals surface area contributed by atoms with Crippen LogP contribution in [0.1, 0.15) is 0 Å². The van der Waals surface area contributed by atoms with Crippen molar-refractivity contribution < 1.29 is 8.83 Å². The van der Waals surface area contributed by atoms with Crippen LogP contribution < -0.4 is 4.90 Å². The molecule has 4 heteroatoms. The minimum absolute atomic E-state index is 0.589. The summed E-state index contributed by atoms with van der Waals surface area (Å²) in [7, 11) is 0. The Labute approximate surface area is 306 Å². The largest absolute Gasteiger partial charge is 0.456 e. The Hall–Kier alpha value is -7.17. The molecule has 0 amide bonds. The lowest BCUT2D eigenvalue weighted by Crippen LogP contribution is -2.10. The van der Waals surface area contributed by atoms with E-state index in [-0.39, 0.29) is 0 Å². The SMILES string of the molecule is c1ccc(-c2ccc(N(c3ccc(-c4ccccc4)c(-c4ccccc4)c3)c3ccc4oc5ccc6nc(-c7ccccc7)oc6c5c4c3)cc2)cc1. The van der Waals surface area contributed by atoms with Gasteiger partial charge >= 0.3 is 0 Å². The summed E-state index contributed by atoms with van der Waals surface area (Å²) in [6.45, 7) is 0. The highest BCUT2D eigenvalue weighted by molar-refractivity contribution is 6.17. The van der Waals surface area contributed by atoms with Crippen LogP contribution in [0.4, 0.5) is 17.1 Å². The summed E-state index contributed by atoms with van der Waals surface area (Å²) in [5, 5.41) is 1.88. The molecule has 10 rings (SSSR count). The highest BCUT2D eigenvalue weighted by atomic mass is 16.4. The summed E-state index contributed by atoms with van der Waals surface area (Å²) < 4.78 is 12.9. The van der Waals surface area contributed by atoms with Gasteiger partial charge in [-0.15, -0.1) is 0 Å². The minimum atomic E-state index is 0.589. The molecular formula is C49H32N2O2. The fourth-order valence-corrected chi connectivity index (χ4v) is 7.36. The summed E-state index contributed by atoms with van der Waals surface area (Å²) in [6, 6.07) is 67.7. The van der Waals surface area contributed by atoms with Gasteiger partial charge in [-0.25, -0.2) is 4.98 Å². The van der Waals surface area contributed by atoms with Crippen molar-refractivity contribution in [1.82, 2.24) is 4.98 Å². The molecule has 53 heavy (non-hydrogen) atoms. The second kappa shape index (κ2) is 12.9. The lowest BCUT2D eigenvalue weighted by atomic mass is 9.93. The van der Waals surface area contributed by atoms with E-state index < -0.39 is 0 Å². The summed E-state index contributed by atoms with van der Waals surface area (Å²) in [5.74, 6) is 0.589. The number of fused-ring (bicyclic) bond motifs is 5. The van der Waals surface area contributed by atoms with Gasteiger partial charge in [-0.2, -0.15) is 0 Å². The van der Waals surface area contributed by atoms with Crippen molar-refractivity contribution in [3.63, 3.8) is 0 Å². The Balaban J connectivity index is 1.18. The maximum atomic E-state index is 6.49. The minimum Gasteiger partial charge on any atom is -0.456 e. The number of furan rings is 1. The lowest BCUT2D eigenvalue weighted by molar-refractivity contribution is 0.622. The third-order valence-corrected chi connectivity index (χ3v) is 9.91. The summed E-state index contributed by atoms with van der Waals surface area (Å²) >= 11 is 0. The average molecular weight is 681 g/mol. The number of benzene rings is 8. The number of aromatic nitrogens is 1. The first-order valence-electron chi connectivity index (χ1n) is 17.8. The summed E-state index contributed by atoms with van der Waals surface area (Å²) in [6.07, 6.45) is 0.